The first kappa shape index (κ1) is 18.1. The number of carbonyl (C=O) groups is 3. The van der Waals surface area contributed by atoms with Gasteiger partial charge in [-0.05, 0) is 36.1 Å². The first-order valence-electron chi connectivity index (χ1n) is 8.89. The fourth-order valence-corrected chi connectivity index (χ4v) is 4.07. The number of nitrogens with zero attached hydrogens (tertiary/aromatic N) is 1. The number of thiophene rings is 1. The van der Waals surface area contributed by atoms with Gasteiger partial charge >= 0.3 is 0 Å². The van der Waals surface area contributed by atoms with Gasteiger partial charge in [-0.15, -0.1) is 11.3 Å². The van der Waals surface area contributed by atoms with Crippen LogP contribution in [-0.4, -0.2) is 29.2 Å². The number of hydrogen-bond donors (Lipinski definition) is 1. The second kappa shape index (κ2) is 7.40. The third-order valence-corrected chi connectivity index (χ3v) is 5.66. The summed E-state index contributed by atoms with van der Waals surface area (Å²) in [4.78, 5) is 39.7. The number of nitrogens with one attached hydrogen (secondary N) is 1. The molecular weight excluding hydrogens is 372 g/mol. The van der Waals surface area contributed by atoms with Crippen molar-refractivity contribution in [3.63, 3.8) is 0 Å². The fourth-order valence-electron chi connectivity index (χ4n) is 3.27. The van der Waals surface area contributed by atoms with Crippen molar-refractivity contribution in [3.8, 4) is 0 Å². The van der Waals surface area contributed by atoms with Crippen molar-refractivity contribution in [2.24, 2.45) is 0 Å². The number of amides is 3. The molecule has 0 bridgehead atoms. The van der Waals surface area contributed by atoms with Gasteiger partial charge in [-0.2, -0.15) is 0 Å². The zero-order valence-electron chi connectivity index (χ0n) is 15.2. The van der Waals surface area contributed by atoms with E-state index in [1.54, 1.807) is 35.6 Å². The van der Waals surface area contributed by atoms with E-state index in [4.69, 9.17) is 0 Å². The van der Waals surface area contributed by atoms with Crippen molar-refractivity contribution >= 4 is 29.1 Å². The molecule has 2 heterocycles. The first-order valence-corrected chi connectivity index (χ1v) is 9.77. The molecule has 4 rings (SSSR count). The van der Waals surface area contributed by atoms with Crippen LogP contribution in [0.4, 0.5) is 0 Å². The van der Waals surface area contributed by atoms with Crippen LogP contribution in [0.5, 0.6) is 0 Å². The van der Waals surface area contributed by atoms with Crippen molar-refractivity contribution in [1.82, 2.24) is 10.2 Å². The molecule has 1 N–H and O–H groups in total. The van der Waals surface area contributed by atoms with Gasteiger partial charge in [0.05, 0.1) is 17.2 Å². The van der Waals surface area contributed by atoms with E-state index in [-0.39, 0.29) is 18.5 Å². The number of imide groups is 1. The number of benzene rings is 2. The maximum Gasteiger partial charge on any atom is 0.262 e. The summed E-state index contributed by atoms with van der Waals surface area (Å²) in [7, 11) is 0. The Morgan fingerprint density at radius 2 is 1.61 bits per heavy atom. The molecule has 0 spiro atoms. The molecule has 0 saturated heterocycles. The van der Waals surface area contributed by atoms with E-state index in [2.05, 4.69) is 5.32 Å². The lowest BCUT2D eigenvalue weighted by Gasteiger charge is -2.20. The lowest BCUT2D eigenvalue weighted by molar-refractivity contribution is -0.121. The van der Waals surface area contributed by atoms with Crippen LogP contribution in [0.2, 0.25) is 0 Å². The summed E-state index contributed by atoms with van der Waals surface area (Å²) in [6.45, 7) is 1.70. The first-order chi connectivity index (χ1) is 13.5. The van der Waals surface area contributed by atoms with Crippen LogP contribution >= 0.6 is 11.3 Å². The van der Waals surface area contributed by atoms with E-state index in [1.807, 2.05) is 48.7 Å². The van der Waals surface area contributed by atoms with Crippen LogP contribution in [0, 0.1) is 6.92 Å². The average Bonchev–Trinajstić information content (AvgIpc) is 3.31. The summed E-state index contributed by atoms with van der Waals surface area (Å²) in [6, 6.07) is 18.1. The lowest BCUT2D eigenvalue weighted by atomic mass is 10.0. The topological polar surface area (TPSA) is 66.5 Å². The van der Waals surface area contributed by atoms with Gasteiger partial charge in [-0.1, -0.05) is 48.0 Å². The van der Waals surface area contributed by atoms with E-state index in [9.17, 15) is 14.4 Å². The Bertz CT molecular complexity index is 1010. The molecule has 140 valence electrons. The van der Waals surface area contributed by atoms with Crippen molar-refractivity contribution in [3.05, 3.63) is 93.2 Å². The van der Waals surface area contributed by atoms with E-state index in [0.29, 0.717) is 11.1 Å². The maximum atomic E-state index is 12.7. The summed E-state index contributed by atoms with van der Waals surface area (Å²) in [6.07, 6.45) is 0. The zero-order chi connectivity index (χ0) is 19.7. The third-order valence-electron chi connectivity index (χ3n) is 4.72. The summed E-state index contributed by atoms with van der Waals surface area (Å²) in [5, 5.41) is 4.93. The molecule has 28 heavy (non-hydrogen) atoms. The fraction of sp³-hybridized carbons (Fsp3) is 0.136. The molecule has 0 aliphatic carbocycles. The molecule has 1 aliphatic heterocycles. The van der Waals surface area contributed by atoms with Gasteiger partial charge in [0.25, 0.3) is 11.8 Å². The SMILES string of the molecule is Cc1ccc([C@@H](NC(=O)CN2C(=O)c3ccccc3C2=O)c2cccs2)cc1. The summed E-state index contributed by atoms with van der Waals surface area (Å²) in [5.41, 5.74) is 2.76. The smallest absolute Gasteiger partial charge is 0.262 e. The van der Waals surface area contributed by atoms with Crippen LogP contribution in [0.25, 0.3) is 0 Å². The molecular formula is C22H18N2O3S. The highest BCUT2D eigenvalue weighted by Gasteiger charge is 2.36. The van der Waals surface area contributed by atoms with Gasteiger partial charge in [-0.25, -0.2) is 0 Å². The largest absolute Gasteiger partial charge is 0.343 e. The van der Waals surface area contributed by atoms with Crippen LogP contribution in [0.3, 0.4) is 0 Å². The predicted octanol–water partition coefficient (Wildman–Crippen LogP) is 3.56. The zero-order valence-corrected chi connectivity index (χ0v) is 16.0. The lowest BCUT2D eigenvalue weighted by Crippen LogP contribution is -2.41. The van der Waals surface area contributed by atoms with E-state index in [1.165, 1.54) is 0 Å². The minimum absolute atomic E-state index is 0.305. The van der Waals surface area contributed by atoms with Crippen molar-refractivity contribution in [2.75, 3.05) is 6.54 Å². The van der Waals surface area contributed by atoms with E-state index in [0.717, 1.165) is 20.9 Å². The Balaban J connectivity index is 1.54. The second-order valence-corrected chi connectivity index (χ2v) is 7.65. The average molecular weight is 390 g/mol. The van der Waals surface area contributed by atoms with Crippen LogP contribution in [0.15, 0.2) is 66.0 Å². The molecule has 0 radical (unpaired) electrons. The summed E-state index contributed by atoms with van der Waals surface area (Å²) >= 11 is 1.54. The predicted molar refractivity (Wildman–Crippen MR) is 107 cm³/mol. The molecule has 5 nitrogen and oxygen atoms in total. The Hall–Kier alpha value is -3.25. The van der Waals surface area contributed by atoms with Crippen LogP contribution < -0.4 is 5.32 Å². The van der Waals surface area contributed by atoms with Gasteiger partial charge < -0.3 is 5.32 Å². The molecule has 2 aromatic carbocycles. The standard InChI is InChI=1S/C22H18N2O3S/c1-14-8-10-15(11-9-14)20(18-7-4-12-28-18)23-19(25)13-24-21(26)16-5-2-3-6-17(16)22(24)27/h2-12,20H,13H2,1H3,(H,23,25)/t20-/m1/s1. The van der Waals surface area contributed by atoms with E-state index >= 15 is 0 Å². The molecule has 0 saturated carbocycles. The van der Waals surface area contributed by atoms with Gasteiger partial charge in [0.2, 0.25) is 5.91 Å². The molecule has 3 aromatic rings. The van der Waals surface area contributed by atoms with Gasteiger partial charge in [-0.3, -0.25) is 19.3 Å². The van der Waals surface area contributed by atoms with E-state index < -0.39 is 11.8 Å². The minimum atomic E-state index is -0.432. The highest BCUT2D eigenvalue weighted by molar-refractivity contribution is 7.10. The number of hydrogen-bond acceptors (Lipinski definition) is 4. The molecule has 0 fully saturated rings. The quantitative estimate of drug-likeness (QED) is 0.678. The number of aryl methyl sites for hydroxylation is 1. The second-order valence-electron chi connectivity index (χ2n) is 6.67. The number of fused-ring (bicyclic) bond motifs is 1. The van der Waals surface area contributed by atoms with Gasteiger partial charge in [0.15, 0.2) is 0 Å². The Kier molecular flexibility index (Phi) is 4.79. The number of carbonyl (C=O) groups excluding carboxylic acids is 3. The molecule has 0 unspecified atom stereocenters. The maximum absolute atomic E-state index is 12.7. The van der Waals surface area contributed by atoms with Crippen LogP contribution in [-0.2, 0) is 4.79 Å². The normalized spacial score (nSPS) is 14.1. The number of rotatable bonds is 5. The van der Waals surface area contributed by atoms with Gasteiger partial charge in [0.1, 0.15) is 6.54 Å². The molecule has 1 aliphatic rings. The summed E-state index contributed by atoms with van der Waals surface area (Å²) < 4.78 is 0. The molecule has 1 aromatic heterocycles. The Morgan fingerprint density at radius 3 is 2.18 bits per heavy atom. The Morgan fingerprint density at radius 1 is 0.964 bits per heavy atom. The van der Waals surface area contributed by atoms with Crippen LogP contribution in [0.1, 0.15) is 42.8 Å². The molecule has 6 heteroatoms. The van der Waals surface area contributed by atoms with Crippen molar-refractivity contribution in [2.45, 2.75) is 13.0 Å². The highest BCUT2D eigenvalue weighted by Crippen LogP contribution is 2.27. The molecule has 3 amide bonds. The van der Waals surface area contributed by atoms with Gasteiger partial charge in [0, 0.05) is 4.88 Å². The van der Waals surface area contributed by atoms with Crippen molar-refractivity contribution in [1.29, 1.82) is 0 Å². The monoisotopic (exact) mass is 390 g/mol. The summed E-state index contributed by atoms with van der Waals surface area (Å²) in [5.74, 6) is -1.24. The van der Waals surface area contributed by atoms with Crippen molar-refractivity contribution < 1.29 is 14.4 Å². The highest BCUT2D eigenvalue weighted by atomic mass is 32.1. The third kappa shape index (κ3) is 3.34. The minimum Gasteiger partial charge on any atom is -0.343 e. The Labute approximate surface area is 166 Å². The molecule has 1 atom stereocenters.